The monoisotopic (exact) mass is 303 g/mol. The van der Waals surface area contributed by atoms with Gasteiger partial charge < -0.3 is 5.73 Å². The molecule has 0 bridgehead atoms. The van der Waals surface area contributed by atoms with E-state index < -0.39 is 10.8 Å². The topological polar surface area (TPSA) is 43.1 Å². The Bertz CT molecular complexity index is 357. The number of benzene rings is 1. The molecule has 0 aliphatic heterocycles. The first-order valence-corrected chi connectivity index (χ1v) is 7.64. The summed E-state index contributed by atoms with van der Waals surface area (Å²) in [6, 6.07) is 7.92. The van der Waals surface area contributed by atoms with Gasteiger partial charge in [0.15, 0.2) is 0 Å². The fraction of sp³-hybridized carbons (Fsp3) is 0.500. The molecule has 0 aliphatic carbocycles. The first-order valence-electron chi connectivity index (χ1n) is 5.53. The molecule has 0 amide bonds. The average molecular weight is 304 g/mol. The molecular formula is C12H18BrNOS. The van der Waals surface area contributed by atoms with E-state index in [0.29, 0.717) is 5.75 Å². The molecule has 1 rings (SSSR count). The van der Waals surface area contributed by atoms with E-state index in [1.165, 1.54) is 0 Å². The molecule has 1 aromatic rings. The summed E-state index contributed by atoms with van der Waals surface area (Å²) in [5.41, 5.74) is 5.82. The van der Waals surface area contributed by atoms with Crippen LogP contribution in [0.2, 0.25) is 0 Å². The standard InChI is InChI=1S/C12H18BrNOS/c1-2-11(14)6-4-8-16(15)12-7-3-5-10(13)9-12/h3,5,7,9,11H,2,4,6,8,14H2,1H3. The SMILES string of the molecule is CCC(N)CCCS(=O)c1cccc(Br)c1. The van der Waals surface area contributed by atoms with Gasteiger partial charge in [0.05, 0.1) is 10.8 Å². The van der Waals surface area contributed by atoms with E-state index >= 15 is 0 Å². The van der Waals surface area contributed by atoms with E-state index in [1.807, 2.05) is 24.3 Å². The Balaban J connectivity index is 2.41. The highest BCUT2D eigenvalue weighted by molar-refractivity contribution is 9.10. The van der Waals surface area contributed by atoms with Crippen molar-refractivity contribution in [2.75, 3.05) is 5.75 Å². The maximum absolute atomic E-state index is 11.9. The van der Waals surface area contributed by atoms with Crippen LogP contribution in [0.4, 0.5) is 0 Å². The zero-order valence-electron chi connectivity index (χ0n) is 9.49. The lowest BCUT2D eigenvalue weighted by Gasteiger charge is -2.08. The van der Waals surface area contributed by atoms with Crippen LogP contribution in [0.15, 0.2) is 33.6 Å². The van der Waals surface area contributed by atoms with Crippen LogP contribution in [0.3, 0.4) is 0 Å². The average Bonchev–Trinajstić information content (AvgIpc) is 2.28. The smallest absolute Gasteiger partial charge is 0.0529 e. The lowest BCUT2D eigenvalue weighted by Crippen LogP contribution is -2.19. The van der Waals surface area contributed by atoms with Crippen LogP contribution < -0.4 is 5.73 Å². The molecule has 0 spiro atoms. The van der Waals surface area contributed by atoms with Gasteiger partial charge in [0.25, 0.3) is 0 Å². The molecule has 2 N–H and O–H groups in total. The largest absolute Gasteiger partial charge is 0.328 e. The van der Waals surface area contributed by atoms with Crippen LogP contribution in [0.5, 0.6) is 0 Å². The summed E-state index contributed by atoms with van der Waals surface area (Å²) in [5.74, 6) is 0.699. The van der Waals surface area contributed by atoms with Gasteiger partial charge in [0, 0.05) is 21.2 Å². The van der Waals surface area contributed by atoms with Crippen molar-refractivity contribution in [3.8, 4) is 0 Å². The Morgan fingerprint density at radius 2 is 2.25 bits per heavy atom. The highest BCUT2D eigenvalue weighted by Gasteiger charge is 2.05. The summed E-state index contributed by atoms with van der Waals surface area (Å²) >= 11 is 3.38. The lowest BCUT2D eigenvalue weighted by molar-refractivity contribution is 0.586. The van der Waals surface area contributed by atoms with Gasteiger partial charge in [-0.1, -0.05) is 28.9 Å². The Morgan fingerprint density at radius 3 is 2.88 bits per heavy atom. The minimum absolute atomic E-state index is 0.250. The predicted molar refractivity (Wildman–Crippen MR) is 72.9 cm³/mol. The summed E-state index contributed by atoms with van der Waals surface area (Å²) in [6.07, 6.45) is 2.87. The van der Waals surface area contributed by atoms with Crippen LogP contribution in [0, 0.1) is 0 Å². The second-order valence-electron chi connectivity index (χ2n) is 3.82. The third kappa shape index (κ3) is 4.76. The van der Waals surface area contributed by atoms with Crippen LogP contribution in [-0.2, 0) is 10.8 Å². The summed E-state index contributed by atoms with van der Waals surface area (Å²) in [6.45, 7) is 2.08. The summed E-state index contributed by atoms with van der Waals surface area (Å²) < 4.78 is 12.9. The molecule has 2 unspecified atom stereocenters. The van der Waals surface area contributed by atoms with Gasteiger partial charge in [-0.3, -0.25) is 4.21 Å². The van der Waals surface area contributed by atoms with E-state index in [4.69, 9.17) is 5.73 Å². The molecule has 0 fully saturated rings. The lowest BCUT2D eigenvalue weighted by atomic mass is 10.1. The molecule has 0 aliphatic rings. The number of nitrogens with two attached hydrogens (primary N) is 1. The summed E-state index contributed by atoms with van der Waals surface area (Å²) in [5, 5.41) is 0. The molecule has 1 aromatic carbocycles. The molecule has 90 valence electrons. The minimum atomic E-state index is -0.898. The molecule has 0 heterocycles. The highest BCUT2D eigenvalue weighted by atomic mass is 79.9. The van der Waals surface area contributed by atoms with Crippen LogP contribution >= 0.6 is 15.9 Å². The van der Waals surface area contributed by atoms with E-state index in [0.717, 1.165) is 28.6 Å². The number of halogens is 1. The van der Waals surface area contributed by atoms with Crippen LogP contribution in [-0.4, -0.2) is 16.0 Å². The Kier molecular flexibility index (Phi) is 6.24. The summed E-state index contributed by atoms with van der Waals surface area (Å²) in [7, 11) is -0.898. The minimum Gasteiger partial charge on any atom is -0.328 e. The van der Waals surface area contributed by atoms with Gasteiger partial charge in [0.1, 0.15) is 0 Å². The normalized spacial score (nSPS) is 14.7. The van der Waals surface area contributed by atoms with Crippen molar-refractivity contribution < 1.29 is 4.21 Å². The van der Waals surface area contributed by atoms with Gasteiger partial charge in [0.2, 0.25) is 0 Å². The quantitative estimate of drug-likeness (QED) is 0.877. The van der Waals surface area contributed by atoms with E-state index in [2.05, 4.69) is 22.9 Å². The molecule has 2 atom stereocenters. The molecular weight excluding hydrogens is 286 g/mol. The first kappa shape index (κ1) is 13.9. The van der Waals surface area contributed by atoms with Gasteiger partial charge in [-0.05, 0) is 37.5 Å². The molecule has 16 heavy (non-hydrogen) atoms. The zero-order valence-corrected chi connectivity index (χ0v) is 11.9. The Labute approximate surface area is 108 Å². The molecule has 0 saturated heterocycles. The maximum atomic E-state index is 11.9. The van der Waals surface area contributed by atoms with Crippen molar-refractivity contribution in [3.63, 3.8) is 0 Å². The predicted octanol–water partition coefficient (Wildman–Crippen LogP) is 3.07. The highest BCUT2D eigenvalue weighted by Crippen LogP contribution is 2.15. The second-order valence-corrected chi connectivity index (χ2v) is 6.30. The van der Waals surface area contributed by atoms with Gasteiger partial charge in [-0.25, -0.2) is 0 Å². The molecule has 4 heteroatoms. The maximum Gasteiger partial charge on any atom is 0.0529 e. The zero-order chi connectivity index (χ0) is 12.0. The second kappa shape index (κ2) is 7.20. The van der Waals surface area contributed by atoms with Crippen molar-refractivity contribution in [1.29, 1.82) is 0 Å². The number of hydrogen-bond acceptors (Lipinski definition) is 2. The number of hydrogen-bond donors (Lipinski definition) is 1. The van der Waals surface area contributed by atoms with Crippen LogP contribution in [0.1, 0.15) is 26.2 Å². The fourth-order valence-electron chi connectivity index (χ4n) is 1.41. The van der Waals surface area contributed by atoms with Gasteiger partial charge >= 0.3 is 0 Å². The number of rotatable bonds is 6. The third-order valence-electron chi connectivity index (χ3n) is 2.49. The van der Waals surface area contributed by atoms with Crippen molar-refractivity contribution in [2.24, 2.45) is 5.73 Å². The van der Waals surface area contributed by atoms with E-state index in [1.54, 1.807) is 0 Å². The molecule has 2 nitrogen and oxygen atoms in total. The van der Waals surface area contributed by atoms with E-state index in [9.17, 15) is 4.21 Å². The first-order chi connectivity index (χ1) is 7.63. The summed E-state index contributed by atoms with van der Waals surface area (Å²) in [4.78, 5) is 0.888. The van der Waals surface area contributed by atoms with Crippen molar-refractivity contribution in [3.05, 3.63) is 28.7 Å². The van der Waals surface area contributed by atoms with Gasteiger partial charge in [-0.15, -0.1) is 0 Å². The molecule has 0 aromatic heterocycles. The van der Waals surface area contributed by atoms with Gasteiger partial charge in [-0.2, -0.15) is 0 Å². The Morgan fingerprint density at radius 1 is 1.50 bits per heavy atom. The molecule has 0 saturated carbocycles. The fourth-order valence-corrected chi connectivity index (χ4v) is 3.11. The van der Waals surface area contributed by atoms with Crippen molar-refractivity contribution in [1.82, 2.24) is 0 Å². The molecule has 0 radical (unpaired) electrons. The third-order valence-corrected chi connectivity index (χ3v) is 4.42. The van der Waals surface area contributed by atoms with Crippen LogP contribution in [0.25, 0.3) is 0 Å². The Hall–Kier alpha value is -0.190. The van der Waals surface area contributed by atoms with Crippen molar-refractivity contribution in [2.45, 2.75) is 37.1 Å². The van der Waals surface area contributed by atoms with E-state index in [-0.39, 0.29) is 6.04 Å². The van der Waals surface area contributed by atoms with Crippen molar-refractivity contribution >= 4 is 26.7 Å².